The Balaban J connectivity index is 1.79. The molecule has 1 saturated carbocycles. The van der Waals surface area contributed by atoms with Crippen LogP contribution in [0.15, 0.2) is 48.7 Å². The van der Waals surface area contributed by atoms with Crippen LogP contribution < -0.4 is 0 Å². The van der Waals surface area contributed by atoms with Crippen molar-refractivity contribution in [1.82, 2.24) is 9.88 Å². The summed E-state index contributed by atoms with van der Waals surface area (Å²) in [6.45, 7) is 0.137. The maximum atomic E-state index is 13.0. The van der Waals surface area contributed by atoms with E-state index in [0.29, 0.717) is 11.3 Å². The van der Waals surface area contributed by atoms with E-state index in [0.717, 1.165) is 12.1 Å². The van der Waals surface area contributed by atoms with Crippen LogP contribution in [0.4, 0.5) is 13.2 Å². The van der Waals surface area contributed by atoms with E-state index < -0.39 is 29.5 Å². The van der Waals surface area contributed by atoms with E-state index >= 15 is 0 Å². The number of pyridine rings is 1. The minimum atomic E-state index is -4.46. The van der Waals surface area contributed by atoms with Crippen LogP contribution in [0.2, 0.25) is 0 Å². The van der Waals surface area contributed by atoms with Crippen molar-refractivity contribution >= 4 is 11.9 Å². The number of carboxylic acid groups (broad SMARTS) is 1. The monoisotopic (exact) mass is 392 g/mol. The Morgan fingerprint density at radius 1 is 1.07 bits per heavy atom. The first kappa shape index (κ1) is 19.9. The van der Waals surface area contributed by atoms with Gasteiger partial charge in [-0.25, -0.2) is 0 Å². The quantitative estimate of drug-likeness (QED) is 0.813. The zero-order valence-corrected chi connectivity index (χ0v) is 14.9. The smallest absolute Gasteiger partial charge is 0.416 e. The van der Waals surface area contributed by atoms with Gasteiger partial charge in [0, 0.05) is 18.7 Å². The van der Waals surface area contributed by atoms with Gasteiger partial charge in [-0.1, -0.05) is 18.2 Å². The van der Waals surface area contributed by atoms with Gasteiger partial charge in [0.05, 0.1) is 23.7 Å². The molecule has 148 valence electrons. The normalized spacial score (nSPS) is 19.0. The third kappa shape index (κ3) is 4.68. The van der Waals surface area contributed by atoms with Gasteiger partial charge in [0.1, 0.15) is 0 Å². The second-order valence-corrected chi connectivity index (χ2v) is 6.92. The Morgan fingerprint density at radius 2 is 1.82 bits per heavy atom. The summed E-state index contributed by atoms with van der Waals surface area (Å²) in [4.78, 5) is 29.5. The van der Waals surface area contributed by atoms with E-state index in [1.807, 2.05) is 0 Å². The number of carbonyl (C=O) groups is 2. The van der Waals surface area contributed by atoms with Gasteiger partial charge >= 0.3 is 12.1 Å². The van der Waals surface area contributed by atoms with Crippen molar-refractivity contribution in [1.29, 1.82) is 0 Å². The fourth-order valence-electron chi connectivity index (χ4n) is 3.24. The molecule has 1 heterocycles. The molecule has 28 heavy (non-hydrogen) atoms. The number of carboxylic acids is 1. The number of benzene rings is 1. The molecule has 0 bridgehead atoms. The summed E-state index contributed by atoms with van der Waals surface area (Å²) in [7, 11) is 0. The lowest BCUT2D eigenvalue weighted by Gasteiger charge is -2.35. The molecule has 5 nitrogen and oxygen atoms in total. The number of halogens is 3. The van der Waals surface area contributed by atoms with Gasteiger partial charge in [0.25, 0.3) is 0 Å². The largest absolute Gasteiger partial charge is 0.481 e. The molecule has 0 spiro atoms. The van der Waals surface area contributed by atoms with Crippen molar-refractivity contribution < 1.29 is 27.9 Å². The Bertz CT molecular complexity index is 849. The standard InChI is InChI=1S/C20H19F3N2O3/c21-20(22,23)16-5-3-4-13(8-16)11-25(12-17-6-1-2-7-24-17)18(26)14-9-15(10-14)19(27)28/h1-8,14-15H,9-12H2,(H,27,28). The highest BCUT2D eigenvalue weighted by molar-refractivity contribution is 5.83. The minimum Gasteiger partial charge on any atom is -0.481 e. The third-order valence-corrected chi connectivity index (χ3v) is 4.85. The number of aliphatic carboxylic acids is 1. The molecule has 8 heteroatoms. The summed E-state index contributed by atoms with van der Waals surface area (Å²) in [6, 6.07) is 10.1. The summed E-state index contributed by atoms with van der Waals surface area (Å²) < 4.78 is 38.9. The van der Waals surface area contributed by atoms with Gasteiger partial charge in [-0.2, -0.15) is 13.2 Å². The molecule has 2 aromatic rings. The molecule has 1 fully saturated rings. The number of amides is 1. The lowest BCUT2D eigenvalue weighted by molar-refractivity contribution is -0.152. The number of carbonyl (C=O) groups excluding carboxylic acids is 1. The van der Waals surface area contributed by atoms with E-state index in [-0.39, 0.29) is 31.8 Å². The molecule has 0 saturated heterocycles. The Hall–Kier alpha value is -2.90. The summed E-state index contributed by atoms with van der Waals surface area (Å²) in [6.07, 6.45) is -2.40. The van der Waals surface area contributed by atoms with Crippen LogP contribution >= 0.6 is 0 Å². The fourth-order valence-corrected chi connectivity index (χ4v) is 3.24. The van der Waals surface area contributed by atoms with E-state index in [1.54, 1.807) is 24.4 Å². The van der Waals surface area contributed by atoms with Crippen molar-refractivity contribution in [3.8, 4) is 0 Å². The molecule has 0 unspecified atom stereocenters. The molecule has 1 aromatic heterocycles. The number of alkyl halides is 3. The van der Waals surface area contributed by atoms with Crippen LogP contribution in [0.25, 0.3) is 0 Å². The number of nitrogens with zero attached hydrogens (tertiary/aromatic N) is 2. The summed E-state index contributed by atoms with van der Waals surface area (Å²) in [5.41, 5.74) is 0.190. The van der Waals surface area contributed by atoms with Gasteiger partial charge in [0.15, 0.2) is 0 Å². The van der Waals surface area contributed by atoms with Crippen LogP contribution in [0.1, 0.15) is 29.7 Å². The maximum Gasteiger partial charge on any atom is 0.416 e. The second-order valence-electron chi connectivity index (χ2n) is 6.92. The number of rotatable bonds is 6. The van der Waals surface area contributed by atoms with Gasteiger partial charge in [-0.3, -0.25) is 14.6 Å². The van der Waals surface area contributed by atoms with Crippen LogP contribution in [-0.4, -0.2) is 26.9 Å². The predicted octanol–water partition coefficient (Wildman–Crippen LogP) is 3.74. The van der Waals surface area contributed by atoms with Crippen LogP contribution in [0.3, 0.4) is 0 Å². The van der Waals surface area contributed by atoms with Gasteiger partial charge in [0.2, 0.25) is 5.91 Å². The number of hydrogen-bond donors (Lipinski definition) is 1. The minimum absolute atomic E-state index is 0.00638. The molecule has 0 aliphatic heterocycles. The van der Waals surface area contributed by atoms with E-state index in [9.17, 15) is 22.8 Å². The summed E-state index contributed by atoms with van der Waals surface area (Å²) in [5.74, 6) is -2.17. The Morgan fingerprint density at radius 3 is 2.43 bits per heavy atom. The Labute approximate surface area is 159 Å². The highest BCUT2D eigenvalue weighted by atomic mass is 19.4. The molecular weight excluding hydrogens is 373 g/mol. The topological polar surface area (TPSA) is 70.5 Å². The second kappa shape index (κ2) is 8.00. The van der Waals surface area contributed by atoms with Crippen molar-refractivity contribution in [3.05, 3.63) is 65.5 Å². The van der Waals surface area contributed by atoms with Crippen molar-refractivity contribution in [2.75, 3.05) is 0 Å². The molecule has 0 radical (unpaired) electrons. The average molecular weight is 392 g/mol. The van der Waals surface area contributed by atoms with Crippen LogP contribution in [0, 0.1) is 11.8 Å². The molecular formula is C20H19F3N2O3. The molecule has 1 aliphatic rings. The molecule has 1 aliphatic carbocycles. The first-order valence-electron chi connectivity index (χ1n) is 8.81. The van der Waals surface area contributed by atoms with Gasteiger partial charge in [-0.05, 0) is 42.7 Å². The highest BCUT2D eigenvalue weighted by Gasteiger charge is 2.40. The predicted molar refractivity (Wildman–Crippen MR) is 93.8 cm³/mol. The zero-order chi connectivity index (χ0) is 20.3. The third-order valence-electron chi connectivity index (χ3n) is 4.85. The summed E-state index contributed by atoms with van der Waals surface area (Å²) >= 11 is 0. The molecule has 3 rings (SSSR count). The Kier molecular flexibility index (Phi) is 5.67. The highest BCUT2D eigenvalue weighted by Crippen LogP contribution is 2.36. The van der Waals surface area contributed by atoms with Gasteiger partial charge < -0.3 is 10.0 Å². The maximum absolute atomic E-state index is 13.0. The average Bonchev–Trinajstić information content (AvgIpc) is 2.60. The van der Waals surface area contributed by atoms with Crippen LogP contribution in [0.5, 0.6) is 0 Å². The van der Waals surface area contributed by atoms with Crippen molar-refractivity contribution in [2.24, 2.45) is 11.8 Å². The number of hydrogen-bond acceptors (Lipinski definition) is 3. The number of aromatic nitrogens is 1. The van der Waals surface area contributed by atoms with E-state index in [2.05, 4.69) is 4.98 Å². The first-order valence-corrected chi connectivity index (χ1v) is 8.81. The molecule has 1 N–H and O–H groups in total. The van der Waals surface area contributed by atoms with Crippen molar-refractivity contribution in [2.45, 2.75) is 32.1 Å². The fraction of sp³-hybridized carbons (Fsp3) is 0.350. The first-order chi connectivity index (χ1) is 13.2. The molecule has 1 aromatic carbocycles. The van der Waals surface area contributed by atoms with Gasteiger partial charge in [-0.15, -0.1) is 0 Å². The molecule has 0 atom stereocenters. The van der Waals surface area contributed by atoms with Crippen molar-refractivity contribution in [3.63, 3.8) is 0 Å². The lowest BCUT2D eigenvalue weighted by atomic mass is 9.74. The summed E-state index contributed by atoms with van der Waals surface area (Å²) in [5, 5.41) is 9.01. The SMILES string of the molecule is O=C(O)C1CC(C(=O)N(Cc2cccc(C(F)(F)F)c2)Cc2ccccn2)C1. The van der Waals surface area contributed by atoms with E-state index in [4.69, 9.17) is 5.11 Å². The zero-order valence-electron chi connectivity index (χ0n) is 14.9. The lowest BCUT2D eigenvalue weighted by Crippen LogP contribution is -2.43. The molecule has 1 amide bonds. The van der Waals surface area contributed by atoms with Crippen LogP contribution in [-0.2, 0) is 28.9 Å². The van der Waals surface area contributed by atoms with E-state index in [1.165, 1.54) is 17.0 Å².